The van der Waals surface area contributed by atoms with Crippen molar-refractivity contribution < 1.29 is 9.53 Å². The molecule has 1 rings (SSSR count). The number of carbonyl (C=O) groups is 1. The van der Waals surface area contributed by atoms with Gasteiger partial charge in [-0.25, -0.2) is 0 Å². The third kappa shape index (κ3) is 4.85. The van der Waals surface area contributed by atoms with Crippen molar-refractivity contribution in [3.05, 3.63) is 35.4 Å². The van der Waals surface area contributed by atoms with Gasteiger partial charge in [0, 0.05) is 33.2 Å². The zero-order valence-corrected chi connectivity index (χ0v) is 11.1. The first-order valence-electron chi connectivity index (χ1n) is 6.19. The quantitative estimate of drug-likeness (QED) is 0.769. The molecule has 1 atom stereocenters. The standard InChI is InChI=1S/C14H22N2O2/c1-11(10-18-2)7-14(17)16-9-13-6-4-3-5-12(13)8-15/h3-6,11H,7-10,15H2,1-2H3,(H,16,17). The molecule has 1 unspecified atom stereocenters. The molecule has 100 valence electrons. The minimum Gasteiger partial charge on any atom is -0.384 e. The van der Waals surface area contributed by atoms with Crippen molar-refractivity contribution in [2.45, 2.75) is 26.4 Å². The Kier molecular flexibility index (Phi) is 6.39. The number of carbonyl (C=O) groups excluding carboxylic acids is 1. The van der Waals surface area contributed by atoms with Crippen LogP contribution < -0.4 is 11.1 Å². The topological polar surface area (TPSA) is 64.3 Å². The van der Waals surface area contributed by atoms with Gasteiger partial charge in [0.2, 0.25) is 5.91 Å². The first-order chi connectivity index (χ1) is 8.67. The van der Waals surface area contributed by atoms with Crippen molar-refractivity contribution in [3.8, 4) is 0 Å². The summed E-state index contributed by atoms with van der Waals surface area (Å²) in [5, 5.41) is 2.91. The van der Waals surface area contributed by atoms with E-state index in [1.165, 1.54) is 0 Å². The fourth-order valence-corrected chi connectivity index (χ4v) is 1.85. The van der Waals surface area contributed by atoms with E-state index in [-0.39, 0.29) is 11.8 Å². The van der Waals surface area contributed by atoms with Gasteiger partial charge in [-0.15, -0.1) is 0 Å². The highest BCUT2D eigenvalue weighted by atomic mass is 16.5. The monoisotopic (exact) mass is 250 g/mol. The van der Waals surface area contributed by atoms with E-state index in [4.69, 9.17) is 10.5 Å². The highest BCUT2D eigenvalue weighted by Gasteiger charge is 2.09. The fourth-order valence-electron chi connectivity index (χ4n) is 1.85. The number of rotatable bonds is 7. The maximum atomic E-state index is 11.7. The highest BCUT2D eigenvalue weighted by molar-refractivity contribution is 5.76. The lowest BCUT2D eigenvalue weighted by Crippen LogP contribution is -2.26. The average molecular weight is 250 g/mol. The average Bonchev–Trinajstić information content (AvgIpc) is 2.37. The van der Waals surface area contributed by atoms with Crippen LogP contribution in [0.2, 0.25) is 0 Å². The minimum atomic E-state index is 0.0476. The third-order valence-corrected chi connectivity index (χ3v) is 2.80. The smallest absolute Gasteiger partial charge is 0.220 e. The molecule has 0 aromatic heterocycles. The summed E-state index contributed by atoms with van der Waals surface area (Å²) < 4.78 is 5.01. The number of amides is 1. The zero-order valence-electron chi connectivity index (χ0n) is 11.1. The number of ether oxygens (including phenoxy) is 1. The van der Waals surface area contributed by atoms with Gasteiger partial charge in [-0.3, -0.25) is 4.79 Å². The van der Waals surface area contributed by atoms with E-state index in [1.54, 1.807) is 7.11 Å². The van der Waals surface area contributed by atoms with Crippen LogP contribution in [0.1, 0.15) is 24.5 Å². The van der Waals surface area contributed by atoms with Crippen LogP contribution in [0.25, 0.3) is 0 Å². The Labute approximate surface area is 109 Å². The second-order valence-corrected chi connectivity index (χ2v) is 4.51. The Morgan fingerprint density at radius 1 is 1.39 bits per heavy atom. The molecule has 0 saturated heterocycles. The Morgan fingerprint density at radius 3 is 2.67 bits per heavy atom. The van der Waals surface area contributed by atoms with Gasteiger partial charge >= 0.3 is 0 Å². The second kappa shape index (κ2) is 7.84. The number of nitrogens with two attached hydrogens (primary N) is 1. The van der Waals surface area contributed by atoms with Crippen LogP contribution in [0.15, 0.2) is 24.3 Å². The van der Waals surface area contributed by atoms with Crippen LogP contribution in [-0.2, 0) is 22.6 Å². The molecule has 1 aromatic carbocycles. The summed E-state index contributed by atoms with van der Waals surface area (Å²) in [6.45, 7) is 3.63. The maximum Gasteiger partial charge on any atom is 0.220 e. The molecule has 0 heterocycles. The summed E-state index contributed by atoms with van der Waals surface area (Å²) in [7, 11) is 1.64. The molecule has 0 spiro atoms. The van der Waals surface area contributed by atoms with E-state index >= 15 is 0 Å². The van der Waals surface area contributed by atoms with Gasteiger partial charge in [0.05, 0.1) is 0 Å². The van der Waals surface area contributed by atoms with E-state index in [0.717, 1.165) is 11.1 Å². The summed E-state index contributed by atoms with van der Waals surface area (Å²) in [5.74, 6) is 0.283. The fraction of sp³-hybridized carbons (Fsp3) is 0.500. The Hall–Kier alpha value is -1.39. The maximum absolute atomic E-state index is 11.7. The van der Waals surface area contributed by atoms with Crippen LogP contribution in [0.5, 0.6) is 0 Å². The number of benzene rings is 1. The molecule has 0 bridgehead atoms. The molecule has 4 heteroatoms. The number of nitrogens with one attached hydrogen (secondary N) is 1. The molecule has 18 heavy (non-hydrogen) atoms. The van der Waals surface area contributed by atoms with Gasteiger partial charge in [-0.2, -0.15) is 0 Å². The molecule has 3 N–H and O–H groups in total. The lowest BCUT2D eigenvalue weighted by atomic mass is 10.1. The molecule has 0 fully saturated rings. The summed E-state index contributed by atoms with van der Waals surface area (Å²) in [6, 6.07) is 7.87. The molecule has 0 saturated carbocycles. The predicted octanol–water partition coefficient (Wildman–Crippen LogP) is 1.43. The lowest BCUT2D eigenvalue weighted by molar-refractivity contribution is -0.122. The first-order valence-corrected chi connectivity index (χ1v) is 6.19. The van der Waals surface area contributed by atoms with Crippen molar-refractivity contribution >= 4 is 5.91 Å². The van der Waals surface area contributed by atoms with Crippen molar-refractivity contribution in [2.24, 2.45) is 11.7 Å². The summed E-state index contributed by atoms with van der Waals surface area (Å²) in [5.41, 5.74) is 7.80. The largest absolute Gasteiger partial charge is 0.384 e. The molecular weight excluding hydrogens is 228 g/mol. The van der Waals surface area contributed by atoms with Crippen LogP contribution in [0.4, 0.5) is 0 Å². The van der Waals surface area contributed by atoms with Gasteiger partial charge in [-0.1, -0.05) is 31.2 Å². The Morgan fingerprint density at radius 2 is 2.06 bits per heavy atom. The normalized spacial score (nSPS) is 12.2. The molecule has 1 amide bonds. The molecule has 4 nitrogen and oxygen atoms in total. The Bertz CT molecular complexity index is 380. The highest BCUT2D eigenvalue weighted by Crippen LogP contribution is 2.08. The number of hydrogen-bond donors (Lipinski definition) is 2. The van der Waals surface area contributed by atoms with Gasteiger partial charge < -0.3 is 15.8 Å². The van der Waals surface area contributed by atoms with Gasteiger partial charge in [0.25, 0.3) is 0 Å². The molecule has 0 aliphatic carbocycles. The van der Waals surface area contributed by atoms with E-state index in [9.17, 15) is 4.79 Å². The molecule has 0 aliphatic rings. The van der Waals surface area contributed by atoms with Crippen LogP contribution >= 0.6 is 0 Å². The minimum absolute atomic E-state index is 0.0476. The predicted molar refractivity (Wildman–Crippen MR) is 71.8 cm³/mol. The van der Waals surface area contributed by atoms with Crippen molar-refractivity contribution in [3.63, 3.8) is 0 Å². The van der Waals surface area contributed by atoms with E-state index in [2.05, 4.69) is 5.32 Å². The Balaban J connectivity index is 2.42. The SMILES string of the molecule is COCC(C)CC(=O)NCc1ccccc1CN. The van der Waals surface area contributed by atoms with E-state index in [1.807, 2.05) is 31.2 Å². The first kappa shape index (κ1) is 14.7. The van der Waals surface area contributed by atoms with Crippen molar-refractivity contribution in [1.82, 2.24) is 5.32 Å². The van der Waals surface area contributed by atoms with Crippen LogP contribution in [0.3, 0.4) is 0 Å². The zero-order chi connectivity index (χ0) is 13.4. The van der Waals surface area contributed by atoms with Crippen molar-refractivity contribution in [1.29, 1.82) is 0 Å². The third-order valence-electron chi connectivity index (χ3n) is 2.80. The molecule has 0 aliphatic heterocycles. The summed E-state index contributed by atoms with van der Waals surface area (Å²) in [6.07, 6.45) is 0.485. The van der Waals surface area contributed by atoms with Crippen LogP contribution in [-0.4, -0.2) is 19.6 Å². The van der Waals surface area contributed by atoms with Gasteiger partial charge in [0.1, 0.15) is 0 Å². The summed E-state index contributed by atoms with van der Waals surface area (Å²) >= 11 is 0. The lowest BCUT2D eigenvalue weighted by Gasteiger charge is -2.12. The summed E-state index contributed by atoms with van der Waals surface area (Å²) in [4.78, 5) is 11.7. The molecule has 1 aromatic rings. The second-order valence-electron chi connectivity index (χ2n) is 4.51. The van der Waals surface area contributed by atoms with Gasteiger partial charge in [-0.05, 0) is 17.0 Å². The van der Waals surface area contributed by atoms with Crippen LogP contribution in [0, 0.1) is 5.92 Å². The van der Waals surface area contributed by atoms with E-state index < -0.39 is 0 Å². The number of methoxy groups -OCH3 is 1. The molecule has 0 radical (unpaired) electrons. The van der Waals surface area contributed by atoms with E-state index in [0.29, 0.717) is 26.1 Å². The molecular formula is C14H22N2O2. The van der Waals surface area contributed by atoms with Crippen molar-refractivity contribution in [2.75, 3.05) is 13.7 Å². The van der Waals surface area contributed by atoms with Gasteiger partial charge in [0.15, 0.2) is 0 Å². The number of hydrogen-bond acceptors (Lipinski definition) is 3.